The highest BCUT2D eigenvalue weighted by Gasteiger charge is 2.19. The number of fused-ring (bicyclic) bond motifs is 1. The van der Waals surface area contributed by atoms with E-state index in [9.17, 15) is 4.79 Å². The molecule has 0 aliphatic carbocycles. The van der Waals surface area contributed by atoms with Crippen LogP contribution in [0.1, 0.15) is 10.4 Å². The van der Waals surface area contributed by atoms with E-state index in [1.807, 2.05) is 24.3 Å². The Morgan fingerprint density at radius 2 is 2.16 bits per heavy atom. The fraction of sp³-hybridized carbons (Fsp3) is 0.357. The fourth-order valence-corrected chi connectivity index (χ4v) is 2.36. The topological polar surface area (TPSA) is 42.7 Å². The lowest BCUT2D eigenvalue weighted by Gasteiger charge is -2.20. The molecular weight excluding hydrogens is 310 g/mol. The molecule has 1 aromatic carbocycles. The number of furan rings is 1. The normalized spacial score (nSPS) is 10.8. The zero-order valence-electron chi connectivity index (χ0n) is 10.8. The third-order valence-electron chi connectivity index (χ3n) is 2.92. The number of halogens is 1. The van der Waals surface area contributed by atoms with E-state index in [1.165, 1.54) is 6.26 Å². The van der Waals surface area contributed by atoms with Gasteiger partial charge in [0.05, 0.1) is 12.2 Å². The predicted octanol–water partition coefficient (Wildman–Crippen LogP) is 2.92. The molecule has 0 saturated heterocycles. The van der Waals surface area contributed by atoms with Crippen molar-refractivity contribution in [2.24, 2.45) is 0 Å². The maximum Gasteiger partial charge on any atom is 0.257 e. The molecule has 0 N–H and O–H groups in total. The van der Waals surface area contributed by atoms with Crippen LogP contribution < -0.4 is 0 Å². The highest BCUT2D eigenvalue weighted by atomic mass is 79.9. The Hall–Kier alpha value is -1.33. The van der Waals surface area contributed by atoms with Crippen LogP contribution >= 0.6 is 15.9 Å². The Balaban J connectivity index is 2.25. The standard InChI is InChI=1S/C14H16BrNO3/c1-18-9-8-16(7-6-15)14(17)12-10-19-13-5-3-2-4-11(12)13/h2-5,10H,6-9H2,1H3. The second-order valence-corrected chi connectivity index (χ2v) is 4.91. The largest absolute Gasteiger partial charge is 0.463 e. The van der Waals surface area contributed by atoms with Gasteiger partial charge in [0.25, 0.3) is 5.91 Å². The number of ether oxygens (including phenoxy) is 1. The number of alkyl halides is 1. The van der Waals surface area contributed by atoms with Gasteiger partial charge in [0.15, 0.2) is 0 Å². The summed E-state index contributed by atoms with van der Waals surface area (Å²) in [7, 11) is 1.63. The van der Waals surface area contributed by atoms with Crippen molar-refractivity contribution in [2.75, 3.05) is 32.1 Å². The molecule has 0 bridgehead atoms. The molecule has 102 valence electrons. The second-order valence-electron chi connectivity index (χ2n) is 4.12. The number of para-hydroxylation sites is 1. The number of rotatable bonds is 6. The summed E-state index contributed by atoms with van der Waals surface area (Å²) in [6.07, 6.45) is 1.53. The van der Waals surface area contributed by atoms with Crippen LogP contribution in [0.15, 0.2) is 34.9 Å². The van der Waals surface area contributed by atoms with Crippen LogP contribution in [0.25, 0.3) is 11.0 Å². The van der Waals surface area contributed by atoms with Crippen molar-refractivity contribution in [3.05, 3.63) is 36.1 Å². The maximum atomic E-state index is 12.5. The van der Waals surface area contributed by atoms with Gasteiger partial charge in [-0.05, 0) is 6.07 Å². The van der Waals surface area contributed by atoms with Crippen LogP contribution in [0, 0.1) is 0 Å². The summed E-state index contributed by atoms with van der Waals surface area (Å²) in [6.45, 7) is 1.73. The van der Waals surface area contributed by atoms with Crippen LogP contribution in [0.5, 0.6) is 0 Å². The molecule has 2 aromatic rings. The van der Waals surface area contributed by atoms with Gasteiger partial charge in [-0.1, -0.05) is 34.1 Å². The van der Waals surface area contributed by atoms with Crippen molar-refractivity contribution in [3.8, 4) is 0 Å². The van der Waals surface area contributed by atoms with E-state index in [2.05, 4.69) is 15.9 Å². The Bertz CT molecular complexity index is 552. The third kappa shape index (κ3) is 3.16. The molecule has 0 radical (unpaired) electrons. The van der Waals surface area contributed by atoms with E-state index in [1.54, 1.807) is 12.0 Å². The van der Waals surface area contributed by atoms with Crippen molar-refractivity contribution in [3.63, 3.8) is 0 Å². The summed E-state index contributed by atoms with van der Waals surface area (Å²) in [5.74, 6) is -0.0264. The smallest absolute Gasteiger partial charge is 0.257 e. The number of carbonyl (C=O) groups is 1. The third-order valence-corrected chi connectivity index (χ3v) is 3.27. The number of methoxy groups -OCH3 is 1. The van der Waals surface area contributed by atoms with Crippen molar-refractivity contribution in [1.82, 2.24) is 4.90 Å². The van der Waals surface area contributed by atoms with Gasteiger partial charge in [-0.25, -0.2) is 0 Å². The molecule has 5 heteroatoms. The van der Waals surface area contributed by atoms with Gasteiger partial charge in [-0.2, -0.15) is 0 Å². The average molecular weight is 326 g/mol. The Labute approximate surface area is 120 Å². The predicted molar refractivity (Wildman–Crippen MR) is 77.8 cm³/mol. The molecule has 1 aromatic heterocycles. The van der Waals surface area contributed by atoms with Crippen LogP contribution in [0.2, 0.25) is 0 Å². The first-order valence-corrected chi connectivity index (χ1v) is 7.20. The molecule has 4 nitrogen and oxygen atoms in total. The number of amides is 1. The van der Waals surface area contributed by atoms with E-state index < -0.39 is 0 Å². The van der Waals surface area contributed by atoms with Crippen LogP contribution in [-0.2, 0) is 4.74 Å². The fourth-order valence-electron chi connectivity index (χ4n) is 1.93. The van der Waals surface area contributed by atoms with Crippen molar-refractivity contribution in [2.45, 2.75) is 0 Å². The molecule has 0 fully saturated rings. The zero-order chi connectivity index (χ0) is 13.7. The lowest BCUT2D eigenvalue weighted by atomic mass is 10.1. The number of carbonyl (C=O) groups excluding carboxylic acids is 1. The highest BCUT2D eigenvalue weighted by molar-refractivity contribution is 9.09. The minimum absolute atomic E-state index is 0.0264. The molecule has 0 unspecified atom stereocenters. The number of hydrogen-bond acceptors (Lipinski definition) is 3. The van der Waals surface area contributed by atoms with E-state index in [0.29, 0.717) is 25.3 Å². The summed E-state index contributed by atoms with van der Waals surface area (Å²) in [4.78, 5) is 14.3. The van der Waals surface area contributed by atoms with Gasteiger partial charge >= 0.3 is 0 Å². The van der Waals surface area contributed by atoms with E-state index in [4.69, 9.17) is 9.15 Å². The van der Waals surface area contributed by atoms with Gasteiger partial charge in [0, 0.05) is 30.9 Å². The molecule has 0 aliphatic rings. The SMILES string of the molecule is COCCN(CCBr)C(=O)c1coc2ccccc12. The monoisotopic (exact) mass is 325 g/mol. The van der Waals surface area contributed by atoms with Crippen LogP contribution in [0.3, 0.4) is 0 Å². The molecule has 19 heavy (non-hydrogen) atoms. The summed E-state index contributed by atoms with van der Waals surface area (Å²) in [5, 5.41) is 1.59. The van der Waals surface area contributed by atoms with Crippen LogP contribution in [0.4, 0.5) is 0 Å². The maximum absolute atomic E-state index is 12.5. The molecule has 0 spiro atoms. The van der Waals surface area contributed by atoms with Gasteiger partial charge in [0.1, 0.15) is 11.8 Å². The number of nitrogens with zero attached hydrogens (tertiary/aromatic N) is 1. The summed E-state index contributed by atoms with van der Waals surface area (Å²) in [5.41, 5.74) is 1.34. The van der Waals surface area contributed by atoms with Crippen molar-refractivity contribution in [1.29, 1.82) is 0 Å². The minimum atomic E-state index is -0.0264. The summed E-state index contributed by atoms with van der Waals surface area (Å²) < 4.78 is 10.5. The Morgan fingerprint density at radius 3 is 2.89 bits per heavy atom. The average Bonchev–Trinajstić information content (AvgIpc) is 2.86. The van der Waals surface area contributed by atoms with Crippen molar-refractivity contribution < 1.29 is 13.9 Å². The van der Waals surface area contributed by atoms with Gasteiger partial charge < -0.3 is 14.1 Å². The minimum Gasteiger partial charge on any atom is -0.463 e. The van der Waals surface area contributed by atoms with Crippen LogP contribution in [-0.4, -0.2) is 42.9 Å². The molecule has 1 amide bonds. The first kappa shape index (κ1) is 14.1. The van der Waals surface area contributed by atoms with Gasteiger partial charge in [0.2, 0.25) is 0 Å². The van der Waals surface area contributed by atoms with Gasteiger partial charge in [-0.3, -0.25) is 4.79 Å². The number of hydrogen-bond donors (Lipinski definition) is 0. The lowest BCUT2D eigenvalue weighted by Crippen LogP contribution is -2.35. The molecule has 0 saturated carbocycles. The first-order chi connectivity index (χ1) is 9.27. The van der Waals surface area contributed by atoms with E-state index in [-0.39, 0.29) is 5.91 Å². The van der Waals surface area contributed by atoms with Crippen molar-refractivity contribution >= 4 is 32.8 Å². The zero-order valence-corrected chi connectivity index (χ0v) is 12.4. The Kier molecular flexibility index (Phi) is 4.99. The van der Waals surface area contributed by atoms with E-state index in [0.717, 1.165) is 16.3 Å². The molecule has 0 aliphatic heterocycles. The molecular formula is C14H16BrNO3. The lowest BCUT2D eigenvalue weighted by molar-refractivity contribution is 0.0710. The quantitative estimate of drug-likeness (QED) is 0.767. The molecule has 1 heterocycles. The highest BCUT2D eigenvalue weighted by Crippen LogP contribution is 2.22. The van der Waals surface area contributed by atoms with E-state index >= 15 is 0 Å². The first-order valence-electron chi connectivity index (χ1n) is 6.08. The Morgan fingerprint density at radius 1 is 1.37 bits per heavy atom. The molecule has 2 rings (SSSR count). The second kappa shape index (κ2) is 6.73. The number of benzene rings is 1. The summed E-state index contributed by atoms with van der Waals surface area (Å²) >= 11 is 3.37. The summed E-state index contributed by atoms with van der Waals surface area (Å²) in [6, 6.07) is 7.55. The molecule has 0 atom stereocenters. The van der Waals surface area contributed by atoms with Gasteiger partial charge in [-0.15, -0.1) is 0 Å².